The van der Waals surface area contributed by atoms with Gasteiger partial charge in [0, 0.05) is 23.1 Å². The molecule has 132 valence electrons. The standard InChI is InChI=1S/C20H20N4O2/c1-13-6-4-7-15(10-13)23-20-21-14(2)11-18(24-20)19(25)22-16-8-5-9-17(12-16)26-3/h4-12H,1-3H3,(H,22,25)(H,21,23,24). The van der Waals surface area contributed by atoms with Gasteiger partial charge in [0.25, 0.3) is 5.91 Å². The number of carbonyl (C=O) groups is 1. The van der Waals surface area contributed by atoms with E-state index < -0.39 is 0 Å². The molecule has 0 atom stereocenters. The summed E-state index contributed by atoms with van der Waals surface area (Å²) >= 11 is 0. The fourth-order valence-corrected chi connectivity index (χ4v) is 2.49. The molecular weight excluding hydrogens is 328 g/mol. The smallest absolute Gasteiger partial charge is 0.274 e. The Morgan fingerprint density at radius 1 is 0.962 bits per heavy atom. The summed E-state index contributed by atoms with van der Waals surface area (Å²) in [6, 6.07) is 16.7. The van der Waals surface area contributed by atoms with Crippen LogP contribution < -0.4 is 15.4 Å². The molecule has 6 nitrogen and oxygen atoms in total. The number of methoxy groups -OCH3 is 1. The van der Waals surface area contributed by atoms with Crippen molar-refractivity contribution in [3.8, 4) is 5.75 Å². The van der Waals surface area contributed by atoms with Crippen LogP contribution in [0.3, 0.4) is 0 Å². The molecule has 0 unspecified atom stereocenters. The van der Waals surface area contributed by atoms with Crippen molar-refractivity contribution in [1.82, 2.24) is 9.97 Å². The number of anilines is 3. The van der Waals surface area contributed by atoms with Gasteiger partial charge in [0.1, 0.15) is 11.4 Å². The molecule has 2 aromatic carbocycles. The zero-order chi connectivity index (χ0) is 18.5. The normalized spacial score (nSPS) is 10.3. The van der Waals surface area contributed by atoms with Crippen molar-refractivity contribution in [3.05, 3.63) is 71.5 Å². The molecule has 3 rings (SSSR count). The molecule has 0 bridgehead atoms. The summed E-state index contributed by atoms with van der Waals surface area (Å²) in [7, 11) is 1.58. The Kier molecular flexibility index (Phi) is 5.12. The second kappa shape index (κ2) is 7.65. The highest BCUT2D eigenvalue weighted by atomic mass is 16.5. The van der Waals surface area contributed by atoms with Crippen molar-refractivity contribution in [2.24, 2.45) is 0 Å². The minimum atomic E-state index is -0.309. The van der Waals surface area contributed by atoms with Crippen LogP contribution >= 0.6 is 0 Å². The number of rotatable bonds is 5. The van der Waals surface area contributed by atoms with Crippen molar-refractivity contribution in [2.45, 2.75) is 13.8 Å². The van der Waals surface area contributed by atoms with Crippen LogP contribution in [-0.2, 0) is 0 Å². The van der Waals surface area contributed by atoms with Crippen LogP contribution in [-0.4, -0.2) is 23.0 Å². The van der Waals surface area contributed by atoms with Crippen molar-refractivity contribution in [3.63, 3.8) is 0 Å². The maximum absolute atomic E-state index is 12.6. The largest absolute Gasteiger partial charge is 0.497 e. The van der Waals surface area contributed by atoms with Crippen LogP contribution in [0.1, 0.15) is 21.7 Å². The summed E-state index contributed by atoms with van der Waals surface area (Å²) in [4.78, 5) is 21.2. The Hall–Kier alpha value is -3.41. The summed E-state index contributed by atoms with van der Waals surface area (Å²) in [6.45, 7) is 3.83. The van der Waals surface area contributed by atoms with E-state index in [4.69, 9.17) is 4.74 Å². The Morgan fingerprint density at radius 2 is 1.73 bits per heavy atom. The van der Waals surface area contributed by atoms with Crippen LogP contribution in [0.25, 0.3) is 0 Å². The van der Waals surface area contributed by atoms with Crippen molar-refractivity contribution in [2.75, 3.05) is 17.7 Å². The van der Waals surface area contributed by atoms with Gasteiger partial charge in [-0.1, -0.05) is 18.2 Å². The molecule has 0 radical (unpaired) electrons. The highest BCUT2D eigenvalue weighted by molar-refractivity contribution is 6.03. The van der Waals surface area contributed by atoms with Crippen molar-refractivity contribution >= 4 is 23.2 Å². The van der Waals surface area contributed by atoms with Gasteiger partial charge in [-0.2, -0.15) is 0 Å². The van der Waals surface area contributed by atoms with E-state index in [1.165, 1.54) is 0 Å². The summed E-state index contributed by atoms with van der Waals surface area (Å²) in [6.07, 6.45) is 0. The van der Waals surface area contributed by atoms with Crippen molar-refractivity contribution in [1.29, 1.82) is 0 Å². The first-order chi connectivity index (χ1) is 12.5. The second-order valence-corrected chi connectivity index (χ2v) is 5.90. The first kappa shape index (κ1) is 17.4. The topological polar surface area (TPSA) is 76.1 Å². The van der Waals surface area contributed by atoms with Crippen LogP contribution in [0.15, 0.2) is 54.6 Å². The van der Waals surface area contributed by atoms with E-state index in [1.54, 1.807) is 25.3 Å². The second-order valence-electron chi connectivity index (χ2n) is 5.90. The van der Waals surface area contributed by atoms with Gasteiger partial charge in [-0.05, 0) is 49.7 Å². The quantitative estimate of drug-likeness (QED) is 0.726. The van der Waals surface area contributed by atoms with Gasteiger partial charge < -0.3 is 15.4 Å². The lowest BCUT2D eigenvalue weighted by Crippen LogP contribution is -2.15. The number of carbonyl (C=O) groups excluding carboxylic acids is 1. The summed E-state index contributed by atoms with van der Waals surface area (Å²) in [5.74, 6) is 0.742. The lowest BCUT2D eigenvalue weighted by atomic mass is 10.2. The summed E-state index contributed by atoms with van der Waals surface area (Å²) in [5.41, 5.74) is 3.62. The first-order valence-corrected chi connectivity index (χ1v) is 8.18. The molecule has 1 amide bonds. The number of benzene rings is 2. The fourth-order valence-electron chi connectivity index (χ4n) is 2.49. The lowest BCUT2D eigenvalue weighted by molar-refractivity contribution is 0.102. The molecule has 0 saturated carbocycles. The molecule has 2 N–H and O–H groups in total. The molecule has 26 heavy (non-hydrogen) atoms. The summed E-state index contributed by atoms with van der Waals surface area (Å²) < 4.78 is 5.17. The van der Waals surface area contributed by atoms with Gasteiger partial charge in [0.05, 0.1) is 7.11 Å². The highest BCUT2D eigenvalue weighted by Gasteiger charge is 2.12. The lowest BCUT2D eigenvalue weighted by Gasteiger charge is -2.10. The van der Waals surface area contributed by atoms with E-state index in [2.05, 4.69) is 20.6 Å². The predicted molar refractivity (Wildman–Crippen MR) is 102 cm³/mol. The van der Waals surface area contributed by atoms with Gasteiger partial charge in [-0.3, -0.25) is 4.79 Å². The maximum atomic E-state index is 12.6. The third kappa shape index (κ3) is 4.36. The number of nitrogens with zero attached hydrogens (tertiary/aromatic N) is 2. The van der Waals surface area contributed by atoms with Crippen LogP contribution in [0.4, 0.5) is 17.3 Å². The first-order valence-electron chi connectivity index (χ1n) is 8.18. The Labute approximate surface area is 152 Å². The van der Waals surface area contributed by atoms with Gasteiger partial charge in [0.15, 0.2) is 0 Å². The number of aromatic nitrogens is 2. The fraction of sp³-hybridized carbons (Fsp3) is 0.150. The minimum Gasteiger partial charge on any atom is -0.497 e. The van der Waals surface area contributed by atoms with E-state index >= 15 is 0 Å². The average Bonchev–Trinajstić information content (AvgIpc) is 2.61. The molecular formula is C20H20N4O2. The zero-order valence-electron chi connectivity index (χ0n) is 14.9. The van der Waals surface area contributed by atoms with E-state index in [0.29, 0.717) is 23.1 Å². The molecule has 0 aliphatic carbocycles. The SMILES string of the molecule is COc1cccc(NC(=O)c2cc(C)nc(Nc3cccc(C)c3)n2)c1. The van der Waals surface area contributed by atoms with Gasteiger partial charge in [0.2, 0.25) is 5.95 Å². The maximum Gasteiger partial charge on any atom is 0.274 e. The van der Waals surface area contributed by atoms with Crippen LogP contribution in [0.5, 0.6) is 5.75 Å². The Balaban J connectivity index is 1.81. The number of amides is 1. The third-order valence-corrected chi connectivity index (χ3v) is 3.69. The third-order valence-electron chi connectivity index (χ3n) is 3.69. The number of hydrogen-bond donors (Lipinski definition) is 2. The average molecular weight is 348 g/mol. The van der Waals surface area contributed by atoms with Gasteiger partial charge in [-0.25, -0.2) is 9.97 Å². The molecule has 0 fully saturated rings. The molecule has 0 saturated heterocycles. The minimum absolute atomic E-state index is 0.287. The molecule has 6 heteroatoms. The van der Waals surface area contributed by atoms with Crippen LogP contribution in [0.2, 0.25) is 0 Å². The molecule has 3 aromatic rings. The number of hydrogen-bond acceptors (Lipinski definition) is 5. The molecule has 1 aromatic heterocycles. The molecule has 0 spiro atoms. The molecule has 0 aliphatic heterocycles. The Bertz CT molecular complexity index is 941. The number of aryl methyl sites for hydroxylation is 2. The summed E-state index contributed by atoms with van der Waals surface area (Å²) in [5, 5.41) is 5.96. The van der Waals surface area contributed by atoms with E-state index in [9.17, 15) is 4.79 Å². The van der Waals surface area contributed by atoms with Crippen molar-refractivity contribution < 1.29 is 9.53 Å². The highest BCUT2D eigenvalue weighted by Crippen LogP contribution is 2.19. The van der Waals surface area contributed by atoms with Crippen LogP contribution in [0, 0.1) is 13.8 Å². The molecule has 0 aliphatic rings. The predicted octanol–water partition coefficient (Wildman–Crippen LogP) is 4.10. The van der Waals surface area contributed by atoms with E-state index in [1.807, 2.05) is 50.2 Å². The van der Waals surface area contributed by atoms with E-state index in [0.717, 1.165) is 11.3 Å². The van der Waals surface area contributed by atoms with Gasteiger partial charge in [-0.15, -0.1) is 0 Å². The Morgan fingerprint density at radius 3 is 2.50 bits per heavy atom. The number of ether oxygens (including phenoxy) is 1. The number of nitrogens with one attached hydrogen (secondary N) is 2. The monoisotopic (exact) mass is 348 g/mol. The zero-order valence-corrected chi connectivity index (χ0v) is 14.9. The van der Waals surface area contributed by atoms with Gasteiger partial charge >= 0.3 is 0 Å². The van der Waals surface area contributed by atoms with E-state index in [-0.39, 0.29) is 11.6 Å². The molecule has 1 heterocycles.